The number of carbonyl (C=O) groups excluding carboxylic acids is 1. The fourth-order valence-electron chi connectivity index (χ4n) is 4.01. The van der Waals surface area contributed by atoms with Gasteiger partial charge in [-0.25, -0.2) is 13.8 Å². The van der Waals surface area contributed by atoms with Crippen LogP contribution in [0.25, 0.3) is 0 Å². The predicted molar refractivity (Wildman–Crippen MR) is 134 cm³/mol. The van der Waals surface area contributed by atoms with Gasteiger partial charge in [-0.2, -0.15) is 5.10 Å². The van der Waals surface area contributed by atoms with E-state index in [1.165, 1.54) is 12.1 Å². The van der Waals surface area contributed by atoms with Crippen LogP contribution in [0.5, 0.6) is 0 Å². The maximum absolute atomic E-state index is 13.4. The summed E-state index contributed by atoms with van der Waals surface area (Å²) in [5.74, 6) is 0.126. The summed E-state index contributed by atoms with van der Waals surface area (Å²) in [6, 6.07) is 13.0. The molecular weight excluding hydrogens is 458 g/mol. The number of nitrogens with zero attached hydrogens (tertiary/aromatic N) is 2. The monoisotopic (exact) mass is 489 g/mol. The third-order valence-corrected chi connectivity index (χ3v) is 8.38. The van der Waals surface area contributed by atoms with Crippen LogP contribution in [0.2, 0.25) is 5.02 Å². The van der Waals surface area contributed by atoms with Crippen molar-refractivity contribution in [2.24, 2.45) is 16.4 Å². The van der Waals surface area contributed by atoms with Crippen molar-refractivity contribution in [2.75, 3.05) is 10.8 Å². The van der Waals surface area contributed by atoms with E-state index in [1.807, 2.05) is 6.92 Å². The average molecular weight is 490 g/mol. The Bertz CT molecular complexity index is 1120. The Morgan fingerprint density at radius 3 is 2.33 bits per heavy atom. The standard InChI is InChI=1S/C25H32ClN3O3S/c1-18-10-15-21(16-23(18)26)29(33(31,32)22-8-6-5-7-9-22)17-24(30)28-27-20-13-11-19(12-14-20)25(2,3)4/h5-10,15-16,19H,11-14,17H2,1-4H3,(H,28,30). The Balaban J connectivity index is 1.78. The molecule has 1 aliphatic rings. The minimum atomic E-state index is -3.98. The molecule has 1 saturated carbocycles. The second-order valence-electron chi connectivity index (χ2n) is 9.61. The first-order chi connectivity index (χ1) is 15.5. The molecule has 0 aliphatic heterocycles. The van der Waals surface area contributed by atoms with Gasteiger partial charge in [0.2, 0.25) is 0 Å². The quantitative estimate of drug-likeness (QED) is 0.540. The Hall–Kier alpha value is -2.38. The minimum absolute atomic E-state index is 0.0984. The van der Waals surface area contributed by atoms with Crippen molar-refractivity contribution < 1.29 is 13.2 Å². The number of carbonyl (C=O) groups is 1. The first-order valence-corrected chi connectivity index (χ1v) is 13.0. The van der Waals surface area contributed by atoms with Crippen molar-refractivity contribution in [3.63, 3.8) is 0 Å². The van der Waals surface area contributed by atoms with Gasteiger partial charge in [-0.3, -0.25) is 9.10 Å². The molecule has 0 atom stereocenters. The molecule has 0 saturated heterocycles. The van der Waals surface area contributed by atoms with Gasteiger partial charge in [-0.1, -0.05) is 56.6 Å². The van der Waals surface area contributed by atoms with Crippen LogP contribution in [0.4, 0.5) is 5.69 Å². The first kappa shape index (κ1) is 25.2. The van der Waals surface area contributed by atoms with Crippen LogP contribution >= 0.6 is 11.6 Å². The molecule has 2 aromatic rings. The lowest BCUT2D eigenvalue weighted by molar-refractivity contribution is -0.119. The third kappa shape index (κ3) is 6.36. The van der Waals surface area contributed by atoms with Crippen molar-refractivity contribution in [1.82, 2.24) is 5.43 Å². The molecule has 0 heterocycles. The van der Waals surface area contributed by atoms with Crippen LogP contribution in [0.3, 0.4) is 0 Å². The van der Waals surface area contributed by atoms with Crippen LogP contribution in [0.15, 0.2) is 58.5 Å². The molecule has 1 amide bonds. The highest BCUT2D eigenvalue weighted by molar-refractivity contribution is 7.92. The fourth-order valence-corrected chi connectivity index (χ4v) is 5.62. The van der Waals surface area contributed by atoms with Crippen molar-refractivity contribution in [1.29, 1.82) is 0 Å². The predicted octanol–water partition coefficient (Wildman–Crippen LogP) is 5.55. The second kappa shape index (κ2) is 10.3. The van der Waals surface area contributed by atoms with Crippen molar-refractivity contribution in [3.8, 4) is 0 Å². The summed E-state index contributed by atoms with van der Waals surface area (Å²) in [6.45, 7) is 8.18. The summed E-state index contributed by atoms with van der Waals surface area (Å²) in [5.41, 5.74) is 4.91. The third-order valence-electron chi connectivity index (χ3n) is 6.19. The van der Waals surface area contributed by atoms with E-state index >= 15 is 0 Å². The zero-order chi connectivity index (χ0) is 24.2. The Morgan fingerprint density at radius 1 is 1.12 bits per heavy atom. The lowest BCUT2D eigenvalue weighted by Crippen LogP contribution is -2.40. The molecule has 0 unspecified atom stereocenters. The highest BCUT2D eigenvalue weighted by Gasteiger charge is 2.29. The summed E-state index contributed by atoms with van der Waals surface area (Å²) in [7, 11) is -3.98. The van der Waals surface area contributed by atoms with Gasteiger partial charge in [0.05, 0.1) is 10.6 Å². The van der Waals surface area contributed by atoms with Gasteiger partial charge in [-0.15, -0.1) is 0 Å². The Kier molecular flexibility index (Phi) is 7.85. The highest BCUT2D eigenvalue weighted by Crippen LogP contribution is 2.36. The Morgan fingerprint density at radius 2 is 1.76 bits per heavy atom. The van der Waals surface area contributed by atoms with E-state index < -0.39 is 22.5 Å². The number of hydrogen-bond donors (Lipinski definition) is 1. The van der Waals surface area contributed by atoms with E-state index in [2.05, 4.69) is 31.3 Å². The molecule has 1 aliphatic carbocycles. The molecule has 2 aromatic carbocycles. The molecule has 1 fully saturated rings. The normalized spacial score (nSPS) is 16.9. The van der Waals surface area contributed by atoms with E-state index in [9.17, 15) is 13.2 Å². The van der Waals surface area contributed by atoms with Crippen LogP contribution in [0, 0.1) is 18.3 Å². The van der Waals surface area contributed by atoms with E-state index in [0.717, 1.165) is 41.3 Å². The number of benzene rings is 2. The number of rotatable bonds is 6. The van der Waals surface area contributed by atoms with E-state index in [4.69, 9.17) is 11.6 Å². The molecule has 178 valence electrons. The molecule has 0 spiro atoms. The number of anilines is 1. The topological polar surface area (TPSA) is 78.8 Å². The molecule has 0 aromatic heterocycles. The number of nitrogens with one attached hydrogen (secondary N) is 1. The fraction of sp³-hybridized carbons (Fsp3) is 0.440. The highest BCUT2D eigenvalue weighted by atomic mass is 35.5. The minimum Gasteiger partial charge on any atom is -0.271 e. The van der Waals surface area contributed by atoms with Gasteiger partial charge in [-0.05, 0) is 73.8 Å². The summed E-state index contributed by atoms with van der Waals surface area (Å²) in [4.78, 5) is 12.9. The largest absolute Gasteiger partial charge is 0.271 e. The van der Waals surface area contributed by atoms with Crippen LogP contribution in [0.1, 0.15) is 52.0 Å². The van der Waals surface area contributed by atoms with Crippen LogP contribution in [-0.2, 0) is 14.8 Å². The molecule has 6 nitrogen and oxygen atoms in total. The summed E-state index contributed by atoms with van der Waals surface area (Å²) in [5, 5.41) is 4.73. The van der Waals surface area contributed by atoms with E-state index in [0.29, 0.717) is 16.6 Å². The summed E-state index contributed by atoms with van der Waals surface area (Å²) < 4.78 is 27.8. The number of amides is 1. The number of sulfonamides is 1. The van der Waals surface area contributed by atoms with E-state index in [-0.39, 0.29) is 10.3 Å². The van der Waals surface area contributed by atoms with Crippen molar-refractivity contribution in [3.05, 3.63) is 59.1 Å². The number of halogens is 1. The smallest absolute Gasteiger partial charge is 0.264 e. The van der Waals surface area contributed by atoms with Crippen LogP contribution in [-0.4, -0.2) is 26.6 Å². The number of hydrogen-bond acceptors (Lipinski definition) is 4. The van der Waals surface area contributed by atoms with Crippen molar-refractivity contribution >= 4 is 38.9 Å². The SMILES string of the molecule is Cc1ccc(N(CC(=O)NN=C2CCC(C(C)(C)C)CC2)S(=O)(=O)c2ccccc2)cc1Cl. The lowest BCUT2D eigenvalue weighted by Gasteiger charge is -2.34. The van der Waals surface area contributed by atoms with E-state index in [1.54, 1.807) is 36.4 Å². The maximum atomic E-state index is 13.4. The Labute approximate surface area is 202 Å². The average Bonchev–Trinajstić information content (AvgIpc) is 2.78. The van der Waals surface area contributed by atoms with Crippen LogP contribution < -0.4 is 9.73 Å². The molecular formula is C25H32ClN3O3S. The zero-order valence-electron chi connectivity index (χ0n) is 19.6. The second-order valence-corrected chi connectivity index (χ2v) is 11.9. The number of hydrazone groups is 1. The van der Waals surface area contributed by atoms with Crippen molar-refractivity contribution in [2.45, 2.75) is 58.3 Å². The summed E-state index contributed by atoms with van der Waals surface area (Å²) in [6.07, 6.45) is 3.74. The lowest BCUT2D eigenvalue weighted by atomic mass is 9.72. The molecule has 3 rings (SSSR count). The van der Waals surface area contributed by atoms with Gasteiger partial charge < -0.3 is 0 Å². The van der Waals surface area contributed by atoms with Gasteiger partial charge in [0.1, 0.15) is 6.54 Å². The maximum Gasteiger partial charge on any atom is 0.264 e. The summed E-state index contributed by atoms with van der Waals surface area (Å²) >= 11 is 6.25. The zero-order valence-corrected chi connectivity index (χ0v) is 21.2. The van der Waals surface area contributed by atoms with Gasteiger partial charge in [0.15, 0.2) is 0 Å². The van der Waals surface area contributed by atoms with Gasteiger partial charge in [0.25, 0.3) is 15.9 Å². The number of aryl methyl sites for hydroxylation is 1. The molecule has 1 N–H and O–H groups in total. The molecule has 0 bridgehead atoms. The van der Waals surface area contributed by atoms with Gasteiger partial charge in [0, 0.05) is 10.7 Å². The molecule has 33 heavy (non-hydrogen) atoms. The molecule has 0 radical (unpaired) electrons. The first-order valence-electron chi connectivity index (χ1n) is 11.2. The van der Waals surface area contributed by atoms with Gasteiger partial charge >= 0.3 is 0 Å². The molecule has 8 heteroatoms.